The lowest BCUT2D eigenvalue weighted by atomic mass is 9.72. The van der Waals surface area contributed by atoms with E-state index in [4.69, 9.17) is 11.6 Å². The van der Waals surface area contributed by atoms with Crippen LogP contribution in [0.2, 0.25) is 5.02 Å². The third-order valence-electron chi connectivity index (χ3n) is 5.77. The van der Waals surface area contributed by atoms with Gasteiger partial charge in [-0.3, -0.25) is 14.9 Å². The van der Waals surface area contributed by atoms with Gasteiger partial charge in [0.25, 0.3) is 5.91 Å². The second kappa shape index (κ2) is 7.62. The molecule has 9 heteroatoms. The Kier molecular flexibility index (Phi) is 4.91. The van der Waals surface area contributed by atoms with Crippen LogP contribution in [0.1, 0.15) is 17.4 Å². The molecule has 0 unspecified atom stereocenters. The minimum atomic E-state index is -0.296. The van der Waals surface area contributed by atoms with Crippen molar-refractivity contribution in [1.82, 2.24) is 14.9 Å². The number of carbonyl (C=O) groups is 2. The fourth-order valence-electron chi connectivity index (χ4n) is 4.23. The van der Waals surface area contributed by atoms with Gasteiger partial charge in [-0.05, 0) is 18.2 Å². The molecule has 0 aliphatic carbocycles. The second-order valence-corrected chi connectivity index (χ2v) is 9.34. The number of nitrogens with one attached hydrogen (secondary N) is 1. The van der Waals surface area contributed by atoms with Gasteiger partial charge < -0.3 is 9.80 Å². The molecule has 2 amide bonds. The summed E-state index contributed by atoms with van der Waals surface area (Å²) >= 11 is 7.60. The predicted molar refractivity (Wildman–Crippen MR) is 122 cm³/mol. The third-order valence-corrected chi connectivity index (χ3v) is 6.85. The van der Waals surface area contributed by atoms with Crippen molar-refractivity contribution in [1.29, 1.82) is 0 Å². The van der Waals surface area contributed by atoms with E-state index in [2.05, 4.69) is 20.2 Å². The molecule has 0 bridgehead atoms. The summed E-state index contributed by atoms with van der Waals surface area (Å²) in [5.74, 6) is -0.180. The van der Waals surface area contributed by atoms with Crippen LogP contribution in [0, 0.1) is 5.41 Å². The van der Waals surface area contributed by atoms with Crippen molar-refractivity contribution in [3.05, 3.63) is 58.7 Å². The molecule has 2 aromatic heterocycles. The first kappa shape index (κ1) is 20.0. The molecule has 1 N–H and O–H groups in total. The number of likely N-dealkylation sites (tertiary alicyclic amines) is 1. The Balaban J connectivity index is 1.29. The molecule has 0 saturated carbocycles. The lowest BCUT2D eigenvalue weighted by Gasteiger charge is -2.60. The molecular formula is C22H20ClN5O2S. The van der Waals surface area contributed by atoms with Crippen LogP contribution in [-0.4, -0.2) is 52.9 Å². The number of thiazole rings is 1. The highest BCUT2D eigenvalue weighted by Gasteiger charge is 2.53. The predicted octanol–water partition coefficient (Wildman–Crippen LogP) is 3.78. The first-order valence-electron chi connectivity index (χ1n) is 9.91. The van der Waals surface area contributed by atoms with Gasteiger partial charge in [-0.25, -0.2) is 9.97 Å². The first-order valence-corrected chi connectivity index (χ1v) is 11.2. The van der Waals surface area contributed by atoms with Crippen LogP contribution in [-0.2, 0) is 4.79 Å². The van der Waals surface area contributed by atoms with E-state index in [-0.39, 0.29) is 17.2 Å². The maximum atomic E-state index is 13.0. The van der Waals surface area contributed by atoms with E-state index in [1.54, 1.807) is 13.1 Å². The van der Waals surface area contributed by atoms with Crippen LogP contribution in [0.25, 0.3) is 11.3 Å². The first-order chi connectivity index (χ1) is 14.9. The van der Waals surface area contributed by atoms with Gasteiger partial charge in [0.15, 0.2) is 10.8 Å². The van der Waals surface area contributed by atoms with Crippen molar-refractivity contribution < 1.29 is 9.59 Å². The van der Waals surface area contributed by atoms with Crippen LogP contribution < -0.4 is 10.2 Å². The Labute approximate surface area is 188 Å². The molecule has 2 fully saturated rings. The Hall–Kier alpha value is -2.97. The van der Waals surface area contributed by atoms with E-state index in [1.165, 1.54) is 11.3 Å². The number of aromatic nitrogens is 2. The average Bonchev–Trinajstić information content (AvgIpc) is 3.14. The molecule has 3 aromatic rings. The van der Waals surface area contributed by atoms with Crippen LogP contribution in [0.3, 0.4) is 0 Å². The number of benzene rings is 1. The van der Waals surface area contributed by atoms with Gasteiger partial charge in [0, 0.05) is 60.7 Å². The van der Waals surface area contributed by atoms with Crippen molar-refractivity contribution in [2.45, 2.75) is 6.92 Å². The molecule has 1 spiro atoms. The molecule has 31 heavy (non-hydrogen) atoms. The average molecular weight is 454 g/mol. The second-order valence-electron chi connectivity index (χ2n) is 8.07. The standard InChI is InChI=1S/C22H20ClN5O2S/c1-14(29)27-10-22(11-27)12-28(13-22)18-7-4-8-24-19(18)20(30)26-21-25-17(9-31-21)15-5-2-3-6-16(15)23/h2-9H,10-13H2,1H3,(H,25,26,30). The minimum absolute atomic E-state index is 0.116. The molecule has 1 aromatic carbocycles. The molecule has 0 atom stereocenters. The molecule has 158 valence electrons. The van der Waals surface area contributed by atoms with Crippen LogP contribution in [0.15, 0.2) is 48.0 Å². The normalized spacial score (nSPS) is 16.6. The Bertz CT molecular complexity index is 1170. The number of rotatable bonds is 4. The lowest BCUT2D eigenvalue weighted by Crippen LogP contribution is -2.73. The van der Waals surface area contributed by atoms with Gasteiger partial charge in [-0.2, -0.15) is 0 Å². The summed E-state index contributed by atoms with van der Waals surface area (Å²) in [6, 6.07) is 11.2. The summed E-state index contributed by atoms with van der Waals surface area (Å²) in [5, 5.41) is 5.84. The van der Waals surface area contributed by atoms with E-state index in [0.717, 1.165) is 43.1 Å². The summed E-state index contributed by atoms with van der Waals surface area (Å²) in [6.45, 7) is 4.80. The van der Waals surface area contributed by atoms with Crippen molar-refractivity contribution in [3.8, 4) is 11.3 Å². The monoisotopic (exact) mass is 453 g/mol. The van der Waals surface area contributed by atoms with Crippen LogP contribution in [0.4, 0.5) is 10.8 Å². The fourth-order valence-corrected chi connectivity index (χ4v) is 5.17. The van der Waals surface area contributed by atoms with Gasteiger partial charge in [-0.1, -0.05) is 29.8 Å². The quantitative estimate of drug-likeness (QED) is 0.650. The zero-order valence-corrected chi connectivity index (χ0v) is 18.4. The molecule has 2 saturated heterocycles. The van der Waals surface area contributed by atoms with E-state index >= 15 is 0 Å². The van der Waals surface area contributed by atoms with Crippen molar-refractivity contribution in [2.24, 2.45) is 5.41 Å². The van der Waals surface area contributed by atoms with E-state index in [1.807, 2.05) is 46.7 Å². The molecule has 2 aliphatic rings. The summed E-state index contributed by atoms with van der Waals surface area (Å²) in [7, 11) is 0. The summed E-state index contributed by atoms with van der Waals surface area (Å²) in [6.07, 6.45) is 1.62. The van der Waals surface area contributed by atoms with Crippen LogP contribution >= 0.6 is 22.9 Å². The summed E-state index contributed by atoms with van der Waals surface area (Å²) in [4.78, 5) is 37.3. The minimum Gasteiger partial charge on any atom is -0.368 e. The Morgan fingerprint density at radius 1 is 1.13 bits per heavy atom. The molecule has 5 rings (SSSR count). The van der Waals surface area contributed by atoms with Crippen molar-refractivity contribution in [3.63, 3.8) is 0 Å². The van der Waals surface area contributed by atoms with E-state index < -0.39 is 0 Å². The highest BCUT2D eigenvalue weighted by Crippen LogP contribution is 2.42. The van der Waals surface area contributed by atoms with Gasteiger partial charge in [-0.15, -0.1) is 11.3 Å². The number of hydrogen-bond donors (Lipinski definition) is 1. The molecule has 2 aliphatic heterocycles. The number of nitrogens with zero attached hydrogens (tertiary/aromatic N) is 4. The van der Waals surface area contributed by atoms with E-state index in [9.17, 15) is 9.59 Å². The van der Waals surface area contributed by atoms with Gasteiger partial charge in [0.05, 0.1) is 11.4 Å². The van der Waals surface area contributed by atoms with Gasteiger partial charge in [0.2, 0.25) is 5.91 Å². The van der Waals surface area contributed by atoms with Gasteiger partial charge >= 0.3 is 0 Å². The third kappa shape index (κ3) is 3.66. The molecule has 7 nitrogen and oxygen atoms in total. The summed E-state index contributed by atoms with van der Waals surface area (Å²) < 4.78 is 0. The maximum Gasteiger partial charge on any atom is 0.278 e. The highest BCUT2D eigenvalue weighted by atomic mass is 35.5. The van der Waals surface area contributed by atoms with Crippen LogP contribution in [0.5, 0.6) is 0 Å². The number of carbonyl (C=O) groups excluding carboxylic acids is 2. The smallest absolute Gasteiger partial charge is 0.278 e. The zero-order valence-electron chi connectivity index (χ0n) is 16.8. The van der Waals surface area contributed by atoms with Gasteiger partial charge in [0.1, 0.15) is 0 Å². The fraction of sp³-hybridized carbons (Fsp3) is 0.273. The molecule has 0 radical (unpaired) electrons. The lowest BCUT2D eigenvalue weighted by molar-refractivity contribution is -0.142. The van der Waals surface area contributed by atoms with Crippen molar-refractivity contribution >= 4 is 45.6 Å². The number of anilines is 2. The maximum absolute atomic E-state index is 13.0. The molecule has 4 heterocycles. The number of halogens is 1. The summed E-state index contributed by atoms with van der Waals surface area (Å²) in [5.41, 5.74) is 2.86. The largest absolute Gasteiger partial charge is 0.368 e. The van der Waals surface area contributed by atoms with E-state index in [0.29, 0.717) is 15.8 Å². The topological polar surface area (TPSA) is 78.4 Å². The SMILES string of the molecule is CC(=O)N1CC2(C1)CN(c1cccnc1C(=O)Nc1nc(-c3ccccc3Cl)cs1)C2. The Morgan fingerprint density at radius 2 is 1.90 bits per heavy atom. The zero-order chi connectivity index (χ0) is 21.6. The Morgan fingerprint density at radius 3 is 2.65 bits per heavy atom. The number of hydrogen-bond acceptors (Lipinski definition) is 6. The highest BCUT2D eigenvalue weighted by molar-refractivity contribution is 7.14. The number of amides is 2. The van der Waals surface area contributed by atoms with Crippen molar-refractivity contribution in [2.75, 3.05) is 36.4 Å². The molecular weight excluding hydrogens is 434 g/mol. The number of pyridine rings is 1.